The zero-order valence-corrected chi connectivity index (χ0v) is 10.9. The highest BCUT2D eigenvalue weighted by atomic mass is 16.2. The molecule has 1 rings (SSSR count). The summed E-state index contributed by atoms with van der Waals surface area (Å²) in [7, 11) is 1.85. The Morgan fingerprint density at radius 1 is 1.53 bits per heavy atom. The summed E-state index contributed by atoms with van der Waals surface area (Å²) in [5.74, 6) is 0.381. The van der Waals surface area contributed by atoms with Gasteiger partial charge in [-0.3, -0.25) is 4.79 Å². The van der Waals surface area contributed by atoms with Crippen LogP contribution in [-0.4, -0.2) is 35.9 Å². The Bertz CT molecular complexity index is 332. The molecule has 0 saturated carbocycles. The van der Waals surface area contributed by atoms with Crippen LogP contribution in [0.3, 0.4) is 0 Å². The van der Waals surface area contributed by atoms with Crippen LogP contribution in [0.4, 0.5) is 0 Å². The molecule has 0 fully saturated rings. The number of H-pyrrole nitrogens is 1. The number of hydrogen-bond acceptors (Lipinski definition) is 2. The Balaban J connectivity index is 2.46. The van der Waals surface area contributed by atoms with Crippen molar-refractivity contribution in [2.75, 3.05) is 20.1 Å². The fourth-order valence-electron chi connectivity index (χ4n) is 1.86. The number of carbonyl (C=O) groups excluding carboxylic acids is 1. The predicted octanol–water partition coefficient (Wildman–Crippen LogP) is 1.25. The summed E-state index contributed by atoms with van der Waals surface area (Å²) >= 11 is 0. The summed E-state index contributed by atoms with van der Waals surface area (Å²) in [6, 6.07) is 2.03. The van der Waals surface area contributed by atoms with Crippen molar-refractivity contribution in [1.29, 1.82) is 0 Å². The van der Waals surface area contributed by atoms with Crippen LogP contribution in [0.5, 0.6) is 0 Å². The predicted molar refractivity (Wildman–Crippen MR) is 69.5 cm³/mol. The molecule has 1 amide bonds. The average molecular weight is 237 g/mol. The first-order chi connectivity index (χ1) is 8.06. The quantitative estimate of drug-likeness (QED) is 0.782. The lowest BCUT2D eigenvalue weighted by Gasteiger charge is -2.25. The average Bonchev–Trinajstić information content (AvgIpc) is 2.78. The molecule has 0 saturated heterocycles. The number of hydrogen-bond donors (Lipinski definition) is 2. The highest BCUT2D eigenvalue weighted by molar-refractivity contribution is 5.79. The van der Waals surface area contributed by atoms with Gasteiger partial charge in [-0.1, -0.05) is 13.8 Å². The van der Waals surface area contributed by atoms with Crippen molar-refractivity contribution in [2.24, 2.45) is 17.6 Å². The van der Waals surface area contributed by atoms with Gasteiger partial charge in [0.05, 0.1) is 5.92 Å². The van der Waals surface area contributed by atoms with E-state index in [1.165, 1.54) is 5.56 Å². The number of nitrogens with one attached hydrogen (secondary N) is 1. The van der Waals surface area contributed by atoms with E-state index >= 15 is 0 Å². The van der Waals surface area contributed by atoms with Crippen LogP contribution >= 0.6 is 0 Å². The standard InChI is InChI=1S/C13H23N3O/c1-10(2)12(8-14)13(17)16(3)7-5-11-4-6-15-9-11/h4,6,9-10,12,15H,5,7-8,14H2,1-3H3. The van der Waals surface area contributed by atoms with Crippen LogP contribution in [0.25, 0.3) is 0 Å². The fourth-order valence-corrected chi connectivity index (χ4v) is 1.86. The van der Waals surface area contributed by atoms with Crippen LogP contribution in [-0.2, 0) is 11.2 Å². The molecule has 1 heterocycles. The Kier molecular flexibility index (Phi) is 5.22. The van der Waals surface area contributed by atoms with Gasteiger partial charge in [-0.25, -0.2) is 0 Å². The lowest BCUT2D eigenvalue weighted by atomic mass is 9.94. The molecule has 1 unspecified atom stereocenters. The molecule has 1 aromatic heterocycles. The third kappa shape index (κ3) is 3.89. The minimum atomic E-state index is -0.0637. The molecule has 17 heavy (non-hydrogen) atoms. The summed E-state index contributed by atoms with van der Waals surface area (Å²) in [6.07, 6.45) is 4.73. The first-order valence-electron chi connectivity index (χ1n) is 6.13. The lowest BCUT2D eigenvalue weighted by Crippen LogP contribution is -2.40. The van der Waals surface area contributed by atoms with Crippen LogP contribution in [0.1, 0.15) is 19.4 Å². The molecule has 1 atom stereocenters. The van der Waals surface area contributed by atoms with Gasteiger partial charge in [0.15, 0.2) is 0 Å². The summed E-state index contributed by atoms with van der Waals surface area (Å²) < 4.78 is 0. The van der Waals surface area contributed by atoms with Crippen LogP contribution in [0.2, 0.25) is 0 Å². The van der Waals surface area contributed by atoms with Crippen LogP contribution < -0.4 is 5.73 Å². The minimum absolute atomic E-state index is 0.0637. The highest BCUT2D eigenvalue weighted by Gasteiger charge is 2.23. The third-order valence-corrected chi connectivity index (χ3v) is 3.15. The SMILES string of the molecule is CC(C)C(CN)C(=O)N(C)CCc1cc[nH]c1. The summed E-state index contributed by atoms with van der Waals surface area (Å²) in [4.78, 5) is 16.9. The third-order valence-electron chi connectivity index (χ3n) is 3.15. The maximum Gasteiger partial charge on any atom is 0.226 e. The molecule has 1 aromatic rings. The van der Waals surface area contributed by atoms with Crippen LogP contribution in [0, 0.1) is 11.8 Å². The van der Waals surface area contributed by atoms with E-state index in [-0.39, 0.29) is 11.8 Å². The van der Waals surface area contributed by atoms with Gasteiger partial charge < -0.3 is 15.6 Å². The summed E-state index contributed by atoms with van der Waals surface area (Å²) in [5, 5.41) is 0. The normalized spacial score (nSPS) is 12.8. The molecular weight excluding hydrogens is 214 g/mol. The van der Waals surface area contributed by atoms with Crippen molar-refractivity contribution in [3.8, 4) is 0 Å². The second kappa shape index (κ2) is 6.45. The first-order valence-corrected chi connectivity index (χ1v) is 6.13. The minimum Gasteiger partial charge on any atom is -0.367 e. The molecule has 0 radical (unpaired) electrons. The van der Waals surface area contributed by atoms with Gasteiger partial charge in [0.2, 0.25) is 5.91 Å². The Hall–Kier alpha value is -1.29. The number of amides is 1. The van der Waals surface area contributed by atoms with E-state index in [1.807, 2.05) is 39.4 Å². The lowest BCUT2D eigenvalue weighted by molar-refractivity contribution is -0.135. The first kappa shape index (κ1) is 13.8. The van der Waals surface area contributed by atoms with Crippen molar-refractivity contribution in [1.82, 2.24) is 9.88 Å². The number of rotatable bonds is 6. The number of aromatic nitrogens is 1. The smallest absolute Gasteiger partial charge is 0.226 e. The van der Waals surface area contributed by atoms with Crippen LogP contribution in [0.15, 0.2) is 18.5 Å². The van der Waals surface area contributed by atoms with E-state index < -0.39 is 0 Å². The zero-order valence-electron chi connectivity index (χ0n) is 10.9. The number of nitrogens with zero attached hydrogens (tertiary/aromatic N) is 1. The van der Waals surface area contributed by atoms with E-state index in [0.717, 1.165) is 13.0 Å². The number of likely N-dealkylation sites (N-methyl/N-ethyl adjacent to an activating group) is 1. The monoisotopic (exact) mass is 237 g/mol. The Morgan fingerprint density at radius 3 is 2.71 bits per heavy atom. The molecule has 0 aliphatic rings. The van der Waals surface area contributed by atoms with E-state index in [1.54, 1.807) is 4.90 Å². The van der Waals surface area contributed by atoms with E-state index in [0.29, 0.717) is 12.5 Å². The van der Waals surface area contributed by atoms with Gasteiger partial charge in [0.25, 0.3) is 0 Å². The Labute approximate surface area is 103 Å². The molecule has 0 aromatic carbocycles. The molecule has 0 aliphatic carbocycles. The Morgan fingerprint density at radius 2 is 2.24 bits per heavy atom. The number of carbonyl (C=O) groups is 1. The van der Waals surface area contributed by atoms with Crippen molar-refractivity contribution in [2.45, 2.75) is 20.3 Å². The van der Waals surface area contributed by atoms with Crippen molar-refractivity contribution < 1.29 is 4.79 Å². The second-order valence-electron chi connectivity index (χ2n) is 4.82. The molecule has 96 valence electrons. The van der Waals surface area contributed by atoms with Gasteiger partial charge in [-0.15, -0.1) is 0 Å². The van der Waals surface area contributed by atoms with Crippen molar-refractivity contribution in [3.05, 3.63) is 24.0 Å². The topological polar surface area (TPSA) is 62.1 Å². The van der Waals surface area contributed by atoms with Gasteiger partial charge in [-0.2, -0.15) is 0 Å². The maximum absolute atomic E-state index is 12.1. The molecule has 0 spiro atoms. The molecular formula is C13H23N3O. The fraction of sp³-hybridized carbons (Fsp3) is 0.615. The molecule has 0 bridgehead atoms. The number of nitrogens with two attached hydrogens (primary N) is 1. The second-order valence-corrected chi connectivity index (χ2v) is 4.82. The van der Waals surface area contributed by atoms with Crippen molar-refractivity contribution in [3.63, 3.8) is 0 Å². The van der Waals surface area contributed by atoms with E-state index in [4.69, 9.17) is 5.73 Å². The molecule has 0 aliphatic heterocycles. The molecule has 4 nitrogen and oxygen atoms in total. The van der Waals surface area contributed by atoms with Gasteiger partial charge >= 0.3 is 0 Å². The van der Waals surface area contributed by atoms with Crippen molar-refractivity contribution >= 4 is 5.91 Å². The van der Waals surface area contributed by atoms with Gasteiger partial charge in [0, 0.05) is 32.5 Å². The van der Waals surface area contributed by atoms with E-state index in [2.05, 4.69) is 4.98 Å². The molecule has 4 heteroatoms. The summed E-state index contributed by atoms with van der Waals surface area (Å²) in [6.45, 7) is 5.23. The number of aromatic amines is 1. The van der Waals surface area contributed by atoms with Gasteiger partial charge in [0.1, 0.15) is 0 Å². The van der Waals surface area contributed by atoms with Gasteiger partial charge in [-0.05, 0) is 24.0 Å². The molecule has 3 N–H and O–H groups in total. The summed E-state index contributed by atoms with van der Waals surface area (Å²) in [5.41, 5.74) is 6.87. The maximum atomic E-state index is 12.1. The van der Waals surface area contributed by atoms with E-state index in [9.17, 15) is 4.79 Å². The largest absolute Gasteiger partial charge is 0.367 e. The zero-order chi connectivity index (χ0) is 12.8. The highest BCUT2D eigenvalue weighted by Crippen LogP contribution is 2.12.